The quantitative estimate of drug-likeness (QED) is 0.697. The number of hydrogen-bond acceptors (Lipinski definition) is 5. The Morgan fingerprint density at radius 1 is 1.13 bits per heavy atom. The molecule has 23 heavy (non-hydrogen) atoms. The van der Waals surface area contributed by atoms with Crippen LogP contribution in [0.4, 0.5) is 11.4 Å². The van der Waals surface area contributed by atoms with Gasteiger partial charge in [-0.05, 0) is 42.0 Å². The molecular formula is C18H21NO4. The van der Waals surface area contributed by atoms with Gasteiger partial charge in [-0.1, -0.05) is 19.1 Å². The molecule has 5 heteroatoms. The minimum atomic E-state index is -0.450. The predicted molar refractivity (Wildman–Crippen MR) is 89.3 cm³/mol. The minimum Gasteiger partial charge on any atom is -0.491 e. The van der Waals surface area contributed by atoms with Gasteiger partial charge in [0.15, 0.2) is 5.78 Å². The smallest absolute Gasteiger partial charge is 0.165 e. The standard InChI is InChI=1S/C18H21NO4/c1-13(18(22)12-21)14-3-2-4-16(11-14)19-15-5-7-17(8-6-15)23-10-9-20/h2-8,11,13,19-21H,9-10,12H2,1H3. The first-order valence-electron chi connectivity index (χ1n) is 7.48. The Morgan fingerprint density at radius 3 is 2.52 bits per heavy atom. The molecule has 2 rings (SSSR count). The fourth-order valence-electron chi connectivity index (χ4n) is 2.17. The van der Waals surface area contributed by atoms with Gasteiger partial charge >= 0.3 is 0 Å². The van der Waals surface area contributed by atoms with Gasteiger partial charge in [0.1, 0.15) is 19.0 Å². The van der Waals surface area contributed by atoms with E-state index in [4.69, 9.17) is 14.9 Å². The van der Waals surface area contributed by atoms with Crippen LogP contribution in [0.1, 0.15) is 18.4 Å². The van der Waals surface area contributed by atoms with E-state index in [2.05, 4.69) is 5.32 Å². The van der Waals surface area contributed by atoms with E-state index in [1.54, 1.807) is 6.92 Å². The number of carbonyl (C=O) groups excluding carboxylic acids is 1. The monoisotopic (exact) mass is 315 g/mol. The molecule has 0 heterocycles. The molecule has 2 aromatic rings. The van der Waals surface area contributed by atoms with E-state index in [0.29, 0.717) is 5.75 Å². The SMILES string of the molecule is CC(C(=O)CO)c1cccc(Nc2ccc(OCCO)cc2)c1. The zero-order valence-corrected chi connectivity index (χ0v) is 13.0. The molecule has 1 unspecified atom stereocenters. The lowest BCUT2D eigenvalue weighted by atomic mass is 9.96. The van der Waals surface area contributed by atoms with Crippen LogP contribution in [0.2, 0.25) is 0 Å². The summed E-state index contributed by atoms with van der Waals surface area (Å²) in [5.41, 5.74) is 2.61. The molecule has 0 amide bonds. The number of aliphatic hydroxyl groups excluding tert-OH is 2. The maximum atomic E-state index is 11.6. The van der Waals surface area contributed by atoms with Crippen LogP contribution in [0, 0.1) is 0 Å². The molecule has 0 aliphatic rings. The Balaban J connectivity index is 2.06. The van der Waals surface area contributed by atoms with E-state index in [9.17, 15) is 4.79 Å². The molecule has 0 saturated heterocycles. The highest BCUT2D eigenvalue weighted by atomic mass is 16.5. The molecule has 122 valence electrons. The van der Waals surface area contributed by atoms with Gasteiger partial charge < -0.3 is 20.3 Å². The average Bonchev–Trinajstić information content (AvgIpc) is 2.60. The first kappa shape index (κ1) is 17.0. The second-order valence-corrected chi connectivity index (χ2v) is 5.19. The van der Waals surface area contributed by atoms with E-state index >= 15 is 0 Å². The normalized spacial score (nSPS) is 11.8. The first-order valence-corrected chi connectivity index (χ1v) is 7.48. The molecule has 0 aromatic heterocycles. The lowest BCUT2D eigenvalue weighted by Crippen LogP contribution is -2.13. The molecular weight excluding hydrogens is 294 g/mol. The van der Waals surface area contributed by atoms with Crippen LogP contribution in [-0.4, -0.2) is 35.8 Å². The van der Waals surface area contributed by atoms with E-state index < -0.39 is 6.61 Å². The van der Waals surface area contributed by atoms with Gasteiger partial charge in [-0.2, -0.15) is 0 Å². The molecule has 0 radical (unpaired) electrons. The summed E-state index contributed by atoms with van der Waals surface area (Å²) >= 11 is 0. The van der Waals surface area contributed by atoms with Crippen molar-refractivity contribution in [2.75, 3.05) is 25.1 Å². The summed E-state index contributed by atoms with van der Waals surface area (Å²) in [7, 11) is 0. The van der Waals surface area contributed by atoms with E-state index in [-0.39, 0.29) is 24.9 Å². The summed E-state index contributed by atoms with van der Waals surface area (Å²) in [5, 5.41) is 21.0. The van der Waals surface area contributed by atoms with E-state index in [1.165, 1.54) is 0 Å². The summed E-state index contributed by atoms with van der Waals surface area (Å²) in [5.74, 6) is 0.157. The fraction of sp³-hybridized carbons (Fsp3) is 0.278. The Hall–Kier alpha value is -2.37. The lowest BCUT2D eigenvalue weighted by molar-refractivity contribution is -0.122. The van der Waals surface area contributed by atoms with Crippen molar-refractivity contribution in [1.82, 2.24) is 0 Å². The number of ether oxygens (including phenoxy) is 1. The fourth-order valence-corrected chi connectivity index (χ4v) is 2.17. The van der Waals surface area contributed by atoms with Crippen molar-refractivity contribution in [1.29, 1.82) is 0 Å². The topological polar surface area (TPSA) is 78.8 Å². The van der Waals surface area contributed by atoms with Crippen molar-refractivity contribution in [3.05, 3.63) is 54.1 Å². The highest BCUT2D eigenvalue weighted by molar-refractivity contribution is 5.86. The second kappa shape index (κ2) is 8.31. The summed E-state index contributed by atoms with van der Waals surface area (Å²) in [6.45, 7) is 1.59. The zero-order valence-electron chi connectivity index (χ0n) is 13.0. The number of rotatable bonds is 8. The maximum Gasteiger partial charge on any atom is 0.165 e. The summed E-state index contributed by atoms with van der Waals surface area (Å²) in [6.07, 6.45) is 0. The summed E-state index contributed by atoms with van der Waals surface area (Å²) in [4.78, 5) is 11.6. The van der Waals surface area contributed by atoms with E-state index in [1.807, 2.05) is 48.5 Å². The van der Waals surface area contributed by atoms with Crippen molar-refractivity contribution < 1.29 is 19.7 Å². The van der Waals surface area contributed by atoms with Gasteiger partial charge in [0.25, 0.3) is 0 Å². The highest BCUT2D eigenvalue weighted by Gasteiger charge is 2.14. The van der Waals surface area contributed by atoms with Crippen LogP contribution in [0.15, 0.2) is 48.5 Å². The summed E-state index contributed by atoms with van der Waals surface area (Å²) < 4.78 is 5.31. The number of hydrogen-bond donors (Lipinski definition) is 3. The van der Waals surface area contributed by atoms with E-state index in [0.717, 1.165) is 16.9 Å². The third-order valence-corrected chi connectivity index (χ3v) is 3.53. The number of anilines is 2. The largest absolute Gasteiger partial charge is 0.491 e. The Morgan fingerprint density at radius 2 is 1.87 bits per heavy atom. The van der Waals surface area contributed by atoms with Crippen LogP contribution in [0.25, 0.3) is 0 Å². The molecule has 0 saturated carbocycles. The number of benzene rings is 2. The number of nitrogens with one attached hydrogen (secondary N) is 1. The first-order chi connectivity index (χ1) is 11.1. The van der Waals surface area contributed by atoms with Crippen LogP contribution >= 0.6 is 0 Å². The minimum absolute atomic E-state index is 0.0163. The molecule has 1 atom stereocenters. The van der Waals surface area contributed by atoms with Crippen LogP contribution in [-0.2, 0) is 4.79 Å². The van der Waals surface area contributed by atoms with Gasteiger partial charge in [0.05, 0.1) is 6.61 Å². The average molecular weight is 315 g/mol. The Labute approximate surface area is 135 Å². The number of ketones is 1. The lowest BCUT2D eigenvalue weighted by Gasteiger charge is -2.13. The van der Waals surface area contributed by atoms with Crippen LogP contribution in [0.3, 0.4) is 0 Å². The van der Waals surface area contributed by atoms with Gasteiger partial charge in [-0.15, -0.1) is 0 Å². The molecule has 5 nitrogen and oxygen atoms in total. The third-order valence-electron chi connectivity index (χ3n) is 3.53. The molecule has 0 bridgehead atoms. The predicted octanol–water partition coefficient (Wildman–Crippen LogP) is 2.47. The van der Waals surface area contributed by atoms with Crippen molar-refractivity contribution in [2.24, 2.45) is 0 Å². The molecule has 0 fully saturated rings. The van der Waals surface area contributed by atoms with Gasteiger partial charge in [0.2, 0.25) is 0 Å². The van der Waals surface area contributed by atoms with Crippen LogP contribution < -0.4 is 10.1 Å². The summed E-state index contributed by atoms with van der Waals surface area (Å²) in [6, 6.07) is 14.9. The van der Waals surface area contributed by atoms with Gasteiger partial charge in [-0.25, -0.2) is 0 Å². The Kier molecular flexibility index (Phi) is 6.14. The maximum absolute atomic E-state index is 11.6. The van der Waals surface area contributed by atoms with Crippen molar-refractivity contribution >= 4 is 17.2 Å². The number of Topliss-reactive ketones (excluding diaryl/α,β-unsaturated/α-hetero) is 1. The van der Waals surface area contributed by atoms with Crippen molar-refractivity contribution in [3.8, 4) is 5.75 Å². The Bertz CT molecular complexity index is 640. The highest BCUT2D eigenvalue weighted by Crippen LogP contribution is 2.24. The number of aliphatic hydroxyl groups is 2. The van der Waals surface area contributed by atoms with Gasteiger partial charge in [-0.3, -0.25) is 4.79 Å². The van der Waals surface area contributed by atoms with Crippen molar-refractivity contribution in [2.45, 2.75) is 12.8 Å². The number of carbonyl (C=O) groups is 1. The van der Waals surface area contributed by atoms with Crippen LogP contribution in [0.5, 0.6) is 5.75 Å². The van der Waals surface area contributed by atoms with Crippen molar-refractivity contribution in [3.63, 3.8) is 0 Å². The van der Waals surface area contributed by atoms with Gasteiger partial charge in [0, 0.05) is 17.3 Å². The zero-order chi connectivity index (χ0) is 16.7. The molecule has 0 aliphatic carbocycles. The molecule has 3 N–H and O–H groups in total. The molecule has 2 aromatic carbocycles. The molecule has 0 spiro atoms. The molecule has 0 aliphatic heterocycles. The second-order valence-electron chi connectivity index (χ2n) is 5.19. The third kappa shape index (κ3) is 4.81.